The Labute approximate surface area is 212 Å². The Morgan fingerprint density at radius 1 is 1.03 bits per heavy atom. The molecule has 0 aliphatic carbocycles. The van der Waals surface area contributed by atoms with Crippen LogP contribution in [0.25, 0.3) is 0 Å². The van der Waals surface area contributed by atoms with Crippen LogP contribution in [-0.4, -0.2) is 89.6 Å². The van der Waals surface area contributed by atoms with E-state index in [0.717, 1.165) is 18.0 Å². The van der Waals surface area contributed by atoms with Crippen LogP contribution >= 0.6 is 0 Å². The van der Waals surface area contributed by atoms with Crippen molar-refractivity contribution in [2.45, 2.75) is 58.6 Å². The number of carboxylic acid groups (broad SMARTS) is 1. The van der Waals surface area contributed by atoms with Crippen molar-refractivity contribution in [3.63, 3.8) is 0 Å². The van der Waals surface area contributed by atoms with Crippen molar-refractivity contribution in [1.82, 2.24) is 20.0 Å². The number of unbranched alkanes of at least 4 members (excludes halogenated alkanes) is 2. The lowest BCUT2D eigenvalue weighted by Gasteiger charge is -2.53. The molecule has 1 aromatic carbocycles. The Morgan fingerprint density at radius 3 is 2.25 bits per heavy atom. The van der Waals surface area contributed by atoms with Crippen LogP contribution < -0.4 is 10.1 Å². The van der Waals surface area contributed by atoms with E-state index in [0.29, 0.717) is 63.1 Å². The minimum Gasteiger partial charge on any atom is -0.481 e. The van der Waals surface area contributed by atoms with Crippen LogP contribution in [0.1, 0.15) is 62.7 Å². The summed E-state index contributed by atoms with van der Waals surface area (Å²) in [5, 5.41) is 11.5. The van der Waals surface area contributed by atoms with Crippen molar-refractivity contribution in [2.24, 2.45) is 5.41 Å². The number of rotatable bonds is 11. The first-order valence-electron chi connectivity index (χ1n) is 12.8. The predicted octanol–water partition coefficient (Wildman–Crippen LogP) is 2.78. The third-order valence-electron chi connectivity index (χ3n) is 7.32. The summed E-state index contributed by atoms with van der Waals surface area (Å²) in [5.74, 6) is -0.630. The highest BCUT2D eigenvalue weighted by Gasteiger charge is 2.62. The number of nitrogens with one attached hydrogen (secondary N) is 1. The molecule has 3 rings (SSSR count). The maximum atomic E-state index is 13.0. The van der Waals surface area contributed by atoms with Crippen LogP contribution in [0.4, 0.5) is 4.79 Å². The predicted molar refractivity (Wildman–Crippen MR) is 134 cm³/mol. The number of nitrogens with zero attached hydrogens (tertiary/aromatic N) is 3. The van der Waals surface area contributed by atoms with E-state index in [1.165, 1.54) is 0 Å². The number of urea groups is 1. The van der Waals surface area contributed by atoms with E-state index < -0.39 is 23.6 Å². The molecule has 1 unspecified atom stereocenters. The molecule has 2 N–H and O–H groups in total. The van der Waals surface area contributed by atoms with E-state index in [-0.39, 0.29) is 18.2 Å². The summed E-state index contributed by atoms with van der Waals surface area (Å²) in [7, 11) is 2.04. The van der Waals surface area contributed by atoms with Crippen molar-refractivity contribution in [2.75, 3.05) is 39.8 Å². The highest BCUT2D eigenvalue weighted by atomic mass is 16.5. The molecular weight excluding hydrogens is 464 g/mol. The van der Waals surface area contributed by atoms with Crippen LogP contribution in [0, 0.1) is 5.41 Å². The summed E-state index contributed by atoms with van der Waals surface area (Å²) >= 11 is 0. The second kappa shape index (κ2) is 12.2. The third kappa shape index (κ3) is 5.98. The van der Waals surface area contributed by atoms with Gasteiger partial charge in [-0.2, -0.15) is 0 Å². The number of β-lactam (4-membered cyclic amide) rings is 1. The van der Waals surface area contributed by atoms with Gasteiger partial charge in [0.2, 0.25) is 5.91 Å². The van der Waals surface area contributed by atoms with Gasteiger partial charge in [0.05, 0.1) is 0 Å². The van der Waals surface area contributed by atoms with Gasteiger partial charge in [-0.25, -0.2) is 9.69 Å². The molecule has 1 atom stereocenters. The fraction of sp³-hybridized carbons (Fsp3) is 0.615. The molecule has 1 aromatic rings. The van der Waals surface area contributed by atoms with E-state index in [1.54, 1.807) is 24.3 Å². The van der Waals surface area contributed by atoms with Crippen molar-refractivity contribution in [1.29, 1.82) is 0 Å². The Kier molecular flexibility index (Phi) is 9.31. The number of amides is 4. The molecule has 10 nitrogen and oxygen atoms in total. The first-order valence-corrected chi connectivity index (χ1v) is 12.8. The molecule has 4 amide bonds. The molecule has 198 valence electrons. The number of carbonyl (C=O) groups excluding carboxylic acids is 3. The number of likely N-dealkylation sites (tertiary alicyclic amines) is 1. The molecular formula is C26H38N4O6. The van der Waals surface area contributed by atoms with Gasteiger partial charge >= 0.3 is 12.0 Å². The topological polar surface area (TPSA) is 119 Å². The number of carboxylic acids is 1. The van der Waals surface area contributed by atoms with Gasteiger partial charge in [-0.3, -0.25) is 14.4 Å². The van der Waals surface area contributed by atoms with E-state index in [4.69, 9.17) is 9.84 Å². The third-order valence-corrected chi connectivity index (χ3v) is 7.32. The first kappa shape index (κ1) is 27.4. The van der Waals surface area contributed by atoms with Crippen LogP contribution in [0.2, 0.25) is 0 Å². The molecule has 10 heteroatoms. The van der Waals surface area contributed by atoms with Gasteiger partial charge in [-0.1, -0.05) is 20.3 Å². The number of imide groups is 1. The Balaban J connectivity index is 1.61. The number of hydrogen-bond acceptors (Lipinski definition) is 6. The van der Waals surface area contributed by atoms with Crippen molar-refractivity contribution >= 4 is 23.8 Å². The van der Waals surface area contributed by atoms with Gasteiger partial charge in [-0.05, 0) is 57.0 Å². The van der Waals surface area contributed by atoms with E-state index in [9.17, 15) is 19.2 Å². The molecule has 2 saturated heterocycles. The largest absolute Gasteiger partial charge is 0.481 e. The van der Waals surface area contributed by atoms with Gasteiger partial charge in [0, 0.05) is 44.7 Å². The zero-order valence-corrected chi connectivity index (χ0v) is 21.5. The number of carbonyl (C=O) groups is 4. The Hall–Kier alpha value is -3.14. The number of aliphatic carboxylic acids is 1. The molecule has 0 aromatic heterocycles. The summed E-state index contributed by atoms with van der Waals surface area (Å²) in [4.78, 5) is 54.4. The summed E-state index contributed by atoms with van der Waals surface area (Å²) < 4.78 is 6.17. The fourth-order valence-corrected chi connectivity index (χ4v) is 4.75. The minimum atomic E-state index is -0.836. The molecule has 2 fully saturated rings. The van der Waals surface area contributed by atoms with E-state index >= 15 is 0 Å². The lowest BCUT2D eigenvalue weighted by molar-refractivity contribution is -0.190. The summed E-state index contributed by atoms with van der Waals surface area (Å²) in [6.07, 6.45) is 2.27. The normalized spacial score (nSPS) is 19.5. The average molecular weight is 503 g/mol. The van der Waals surface area contributed by atoms with Crippen molar-refractivity contribution < 1.29 is 29.0 Å². The minimum absolute atomic E-state index is 0.0192. The first-order chi connectivity index (χ1) is 17.2. The van der Waals surface area contributed by atoms with E-state index in [1.807, 2.05) is 25.8 Å². The second-order valence-corrected chi connectivity index (χ2v) is 9.56. The number of benzene rings is 1. The molecule has 0 radical (unpaired) electrons. The summed E-state index contributed by atoms with van der Waals surface area (Å²) in [5.41, 5.74) is -0.209. The molecule has 36 heavy (non-hydrogen) atoms. The molecule has 2 aliphatic rings. The average Bonchev–Trinajstić information content (AvgIpc) is 2.87. The summed E-state index contributed by atoms with van der Waals surface area (Å²) in [6.45, 7) is 7.25. The van der Waals surface area contributed by atoms with Gasteiger partial charge in [0.25, 0.3) is 5.91 Å². The number of likely N-dealkylation sites (N-methyl/N-ethyl adjacent to an activating group) is 1. The van der Waals surface area contributed by atoms with Gasteiger partial charge in [-0.15, -0.1) is 0 Å². The van der Waals surface area contributed by atoms with Crippen molar-refractivity contribution in [3.8, 4) is 5.75 Å². The Bertz CT molecular complexity index is 938. The highest BCUT2D eigenvalue weighted by molar-refractivity contribution is 6.03. The monoisotopic (exact) mass is 502 g/mol. The highest BCUT2D eigenvalue weighted by Crippen LogP contribution is 2.46. The standard InChI is InChI=1S/C26H38N4O6/c1-4-26(5-2)23(34)30(25(35)27-14-8-6-7-9-21(31)32)24(26)36-20-12-10-19(11-13-20)22(33)29-17-15-28(3)16-18-29/h10-13,24H,4-9,14-18H2,1-3H3,(H,27,35)(H,31,32). The number of ether oxygens (including phenoxy) is 1. The van der Waals surface area contributed by atoms with Crippen LogP contribution in [0.3, 0.4) is 0 Å². The Morgan fingerprint density at radius 2 is 1.67 bits per heavy atom. The van der Waals surface area contributed by atoms with Crippen LogP contribution in [0.15, 0.2) is 24.3 Å². The van der Waals surface area contributed by atoms with Gasteiger partial charge in [0.1, 0.15) is 11.2 Å². The second-order valence-electron chi connectivity index (χ2n) is 9.56. The SMILES string of the molecule is CCC1(CC)C(=O)N(C(=O)NCCCCCC(=O)O)C1Oc1ccc(C(=O)N2CCN(C)CC2)cc1. The van der Waals surface area contributed by atoms with Crippen LogP contribution in [0.5, 0.6) is 5.75 Å². The summed E-state index contributed by atoms with van der Waals surface area (Å²) in [6, 6.07) is 6.35. The lowest BCUT2D eigenvalue weighted by atomic mass is 9.72. The molecule has 2 heterocycles. The lowest BCUT2D eigenvalue weighted by Crippen LogP contribution is -2.73. The zero-order valence-electron chi connectivity index (χ0n) is 21.5. The molecule has 2 aliphatic heterocycles. The zero-order chi connectivity index (χ0) is 26.3. The number of hydrogen-bond donors (Lipinski definition) is 2. The van der Waals surface area contributed by atoms with Crippen molar-refractivity contribution in [3.05, 3.63) is 29.8 Å². The quantitative estimate of drug-likeness (QED) is 0.353. The fourth-order valence-electron chi connectivity index (χ4n) is 4.75. The van der Waals surface area contributed by atoms with Gasteiger partial charge < -0.3 is 25.0 Å². The smallest absolute Gasteiger partial charge is 0.327 e. The number of piperazine rings is 1. The maximum absolute atomic E-state index is 13.0. The van der Waals surface area contributed by atoms with E-state index in [2.05, 4.69) is 10.2 Å². The maximum Gasteiger partial charge on any atom is 0.327 e. The van der Waals surface area contributed by atoms with Crippen LogP contribution in [-0.2, 0) is 9.59 Å². The molecule has 0 bridgehead atoms. The van der Waals surface area contributed by atoms with Gasteiger partial charge in [0.15, 0.2) is 6.23 Å². The molecule has 0 spiro atoms. The molecule has 0 saturated carbocycles.